The largest absolute Gasteiger partial charge is 0.466 e. The molecular weight excluding hydrogens is 276 g/mol. The molecule has 3 aromatic rings. The van der Waals surface area contributed by atoms with Crippen LogP contribution in [0, 0.1) is 0 Å². The number of ketones is 1. The highest BCUT2D eigenvalue weighted by molar-refractivity contribution is 5.97. The fourth-order valence-electron chi connectivity index (χ4n) is 1.49. The molecule has 0 saturated carbocycles. The van der Waals surface area contributed by atoms with Crippen molar-refractivity contribution in [3.05, 3.63) is 72.5 Å². The highest BCUT2D eigenvalue weighted by Crippen LogP contribution is 2.18. The Hall–Kier alpha value is -2.86. The van der Waals surface area contributed by atoms with Crippen LogP contribution >= 0.6 is 0 Å². The molecule has 108 valence electrons. The van der Waals surface area contributed by atoms with Crippen LogP contribution in [0.5, 0.6) is 0 Å². The van der Waals surface area contributed by atoms with Crippen molar-refractivity contribution in [1.29, 1.82) is 0 Å². The average molecular weight is 288 g/mol. The summed E-state index contributed by atoms with van der Waals surface area (Å²) in [6.45, 7) is 0. The minimum Gasteiger partial charge on any atom is -0.466 e. The van der Waals surface area contributed by atoms with Crippen molar-refractivity contribution in [2.75, 3.05) is 0 Å². The first kappa shape index (κ1) is 14.5. The third-order valence-corrected chi connectivity index (χ3v) is 2.48. The Morgan fingerprint density at radius 2 is 1.67 bits per heavy atom. The second kappa shape index (κ2) is 7.06. The smallest absolute Gasteiger partial charge is 0.234 e. The topological polar surface area (TPSA) is 93.8 Å². The summed E-state index contributed by atoms with van der Waals surface area (Å²) in [6.07, 6.45) is 3.61. The van der Waals surface area contributed by atoms with Crippen molar-refractivity contribution < 1.29 is 27.9 Å². The number of hydrogen-bond donors (Lipinski definition) is 1. The number of aliphatic hydroxyl groups excluding tert-OH is 1. The van der Waals surface area contributed by atoms with Crippen molar-refractivity contribution in [2.24, 2.45) is 0 Å². The second-order valence-electron chi connectivity index (χ2n) is 3.89. The van der Waals surface area contributed by atoms with E-state index >= 15 is 0 Å². The predicted octanol–water partition coefficient (Wildman–Crippen LogP) is 2.88. The molecule has 3 rings (SSSR count). The monoisotopic (exact) mass is 288 g/mol. The molecule has 6 heteroatoms. The summed E-state index contributed by atoms with van der Waals surface area (Å²) in [5.41, 5.74) is 0. The summed E-state index contributed by atoms with van der Waals surface area (Å²) in [6, 6.07) is 9.49. The Balaban J connectivity index is 0.000000194. The van der Waals surface area contributed by atoms with Gasteiger partial charge in [0.05, 0.1) is 18.8 Å². The lowest BCUT2D eigenvalue weighted by Gasteiger charge is -2.03. The fourth-order valence-corrected chi connectivity index (χ4v) is 1.49. The van der Waals surface area contributed by atoms with Crippen LogP contribution in [0.2, 0.25) is 0 Å². The van der Waals surface area contributed by atoms with Crippen molar-refractivity contribution >= 4 is 12.1 Å². The first-order valence-electron chi connectivity index (χ1n) is 6.00. The summed E-state index contributed by atoms with van der Waals surface area (Å²) in [4.78, 5) is 21.3. The SMILES string of the molecule is O=C(c1ccco1)C(O)c1ccco1.O=Cc1ccco1. The number of hydrogen-bond acceptors (Lipinski definition) is 6. The van der Waals surface area contributed by atoms with Crippen LogP contribution in [-0.4, -0.2) is 17.2 Å². The number of furan rings is 3. The van der Waals surface area contributed by atoms with Crippen molar-refractivity contribution in [1.82, 2.24) is 0 Å². The summed E-state index contributed by atoms with van der Waals surface area (Å²) < 4.78 is 14.4. The Morgan fingerprint density at radius 3 is 2.14 bits per heavy atom. The van der Waals surface area contributed by atoms with Crippen LogP contribution < -0.4 is 0 Å². The molecule has 0 aliphatic rings. The van der Waals surface area contributed by atoms with Gasteiger partial charge in [0.25, 0.3) is 0 Å². The Bertz CT molecular complexity index is 649. The molecule has 0 aliphatic heterocycles. The van der Waals surface area contributed by atoms with Crippen molar-refractivity contribution in [3.63, 3.8) is 0 Å². The van der Waals surface area contributed by atoms with Crippen LogP contribution in [0.1, 0.15) is 33.0 Å². The highest BCUT2D eigenvalue weighted by Gasteiger charge is 2.23. The number of carbonyl (C=O) groups is 2. The van der Waals surface area contributed by atoms with E-state index in [4.69, 9.17) is 8.83 Å². The molecule has 0 saturated heterocycles. The fraction of sp³-hybridized carbons (Fsp3) is 0.0667. The molecule has 1 N–H and O–H groups in total. The van der Waals surface area contributed by atoms with E-state index in [9.17, 15) is 14.7 Å². The van der Waals surface area contributed by atoms with E-state index in [0.717, 1.165) is 0 Å². The van der Waals surface area contributed by atoms with E-state index in [1.165, 1.54) is 30.9 Å². The maximum absolute atomic E-state index is 11.5. The van der Waals surface area contributed by atoms with Gasteiger partial charge in [-0.1, -0.05) is 0 Å². The van der Waals surface area contributed by atoms with Gasteiger partial charge in [0, 0.05) is 0 Å². The van der Waals surface area contributed by atoms with Gasteiger partial charge < -0.3 is 18.4 Å². The zero-order valence-electron chi connectivity index (χ0n) is 10.8. The van der Waals surface area contributed by atoms with Crippen molar-refractivity contribution in [3.8, 4) is 0 Å². The lowest BCUT2D eigenvalue weighted by atomic mass is 10.1. The molecule has 0 aliphatic carbocycles. The maximum Gasteiger partial charge on any atom is 0.234 e. The number of carbonyl (C=O) groups excluding carboxylic acids is 2. The molecule has 0 radical (unpaired) electrons. The molecule has 1 unspecified atom stereocenters. The van der Waals surface area contributed by atoms with Crippen LogP contribution in [0.3, 0.4) is 0 Å². The summed E-state index contributed by atoms with van der Waals surface area (Å²) in [7, 11) is 0. The predicted molar refractivity (Wildman–Crippen MR) is 70.8 cm³/mol. The lowest BCUT2D eigenvalue weighted by molar-refractivity contribution is 0.0673. The Kier molecular flexibility index (Phi) is 4.89. The maximum atomic E-state index is 11.5. The highest BCUT2D eigenvalue weighted by atomic mass is 16.4. The van der Waals surface area contributed by atoms with Gasteiger partial charge in [0.15, 0.2) is 23.9 Å². The number of aldehydes is 1. The Labute approximate surface area is 119 Å². The molecule has 1 atom stereocenters. The van der Waals surface area contributed by atoms with Crippen LogP contribution in [-0.2, 0) is 0 Å². The van der Waals surface area contributed by atoms with Crippen LogP contribution in [0.15, 0.2) is 68.4 Å². The minimum absolute atomic E-state index is 0.119. The summed E-state index contributed by atoms with van der Waals surface area (Å²) in [5, 5.41) is 9.55. The Morgan fingerprint density at radius 1 is 1.00 bits per heavy atom. The molecule has 21 heavy (non-hydrogen) atoms. The third kappa shape index (κ3) is 3.80. The van der Waals surface area contributed by atoms with Gasteiger partial charge in [-0.15, -0.1) is 0 Å². The lowest BCUT2D eigenvalue weighted by Crippen LogP contribution is -2.10. The van der Waals surface area contributed by atoms with E-state index in [-0.39, 0.29) is 11.5 Å². The van der Waals surface area contributed by atoms with Crippen molar-refractivity contribution in [2.45, 2.75) is 6.10 Å². The molecule has 0 bridgehead atoms. The zero-order valence-corrected chi connectivity index (χ0v) is 10.8. The van der Waals surface area contributed by atoms with Gasteiger partial charge in [0.2, 0.25) is 5.78 Å². The molecule has 0 fully saturated rings. The first-order valence-corrected chi connectivity index (χ1v) is 6.00. The number of Topliss-reactive ketones (excluding diaryl/α,β-unsaturated/α-hetero) is 1. The van der Waals surface area contributed by atoms with Gasteiger partial charge in [0.1, 0.15) is 5.76 Å². The quantitative estimate of drug-likeness (QED) is 0.586. The molecule has 0 spiro atoms. The summed E-state index contributed by atoms with van der Waals surface area (Å²) in [5.74, 6) is 0.199. The number of rotatable bonds is 4. The van der Waals surface area contributed by atoms with Gasteiger partial charge in [-0.25, -0.2) is 0 Å². The molecule has 0 aromatic carbocycles. The molecule has 6 nitrogen and oxygen atoms in total. The molecular formula is C15H12O6. The van der Waals surface area contributed by atoms with E-state index in [1.54, 1.807) is 24.3 Å². The van der Waals surface area contributed by atoms with Gasteiger partial charge in [-0.3, -0.25) is 9.59 Å². The van der Waals surface area contributed by atoms with E-state index in [0.29, 0.717) is 12.0 Å². The zero-order chi connectivity index (χ0) is 15.1. The standard InChI is InChI=1S/C10H8O4.C5H4O2/c11-9(7-3-1-5-13-7)10(12)8-4-2-6-14-8;6-4-5-2-1-3-7-5/h1-6,9,11H;1-4H. The minimum atomic E-state index is -1.30. The van der Waals surface area contributed by atoms with E-state index in [2.05, 4.69) is 4.42 Å². The average Bonchev–Trinajstić information content (AvgIpc) is 3.29. The number of aliphatic hydroxyl groups is 1. The third-order valence-electron chi connectivity index (χ3n) is 2.48. The first-order chi connectivity index (χ1) is 10.2. The molecule has 3 heterocycles. The molecule has 0 amide bonds. The van der Waals surface area contributed by atoms with Crippen LogP contribution in [0.4, 0.5) is 0 Å². The van der Waals surface area contributed by atoms with Crippen LogP contribution in [0.25, 0.3) is 0 Å². The molecule has 3 aromatic heterocycles. The van der Waals surface area contributed by atoms with E-state index in [1.807, 2.05) is 0 Å². The van der Waals surface area contributed by atoms with Gasteiger partial charge in [-0.2, -0.15) is 0 Å². The second-order valence-corrected chi connectivity index (χ2v) is 3.89. The van der Waals surface area contributed by atoms with E-state index < -0.39 is 11.9 Å². The normalized spacial score (nSPS) is 11.3. The van der Waals surface area contributed by atoms with Gasteiger partial charge in [-0.05, 0) is 36.4 Å². The van der Waals surface area contributed by atoms with Gasteiger partial charge >= 0.3 is 0 Å². The summed E-state index contributed by atoms with van der Waals surface area (Å²) >= 11 is 0.